The topological polar surface area (TPSA) is 72.4 Å². The summed E-state index contributed by atoms with van der Waals surface area (Å²) in [5.74, 6) is -0.107. The van der Waals surface area contributed by atoms with Gasteiger partial charge < -0.3 is 11.1 Å². The number of carbonyl (C=O) groups is 1. The fraction of sp³-hybridized carbons (Fsp3) is 0.385. The lowest BCUT2D eigenvalue weighted by molar-refractivity contribution is 0.0939. The van der Waals surface area contributed by atoms with Gasteiger partial charge in [0.2, 0.25) is 0 Å². The summed E-state index contributed by atoms with van der Waals surface area (Å²) in [7, 11) is 0. The predicted octanol–water partition coefficient (Wildman–Crippen LogP) is 1.19. The molecule has 0 fully saturated rings. The molecule has 3 N–H and O–H groups in total. The van der Waals surface area contributed by atoms with Gasteiger partial charge in [0.05, 0.1) is 17.3 Å². The molecule has 0 saturated carbocycles. The number of amides is 1. The number of nitrogens with two attached hydrogens (primary N) is 1. The van der Waals surface area contributed by atoms with E-state index in [1.54, 1.807) is 10.7 Å². The normalized spacial score (nSPS) is 14.4. The maximum atomic E-state index is 12.1. The minimum Gasteiger partial charge on any atom is -0.349 e. The fourth-order valence-corrected chi connectivity index (χ4v) is 2.03. The van der Waals surface area contributed by atoms with Crippen LogP contribution in [0.25, 0.3) is 5.52 Å². The Balaban J connectivity index is 2.14. The molecule has 0 radical (unpaired) electrons. The largest absolute Gasteiger partial charge is 0.349 e. The SMILES string of the molecule is CC(N)CC(C)NC(=O)c1cnn2ccccc12. The number of hydrogen-bond donors (Lipinski definition) is 2. The minimum atomic E-state index is -0.107. The Hall–Kier alpha value is -1.88. The Morgan fingerprint density at radius 3 is 3.00 bits per heavy atom. The first-order valence-electron chi connectivity index (χ1n) is 6.06. The molecule has 2 aromatic heterocycles. The number of nitrogens with one attached hydrogen (secondary N) is 1. The fourth-order valence-electron chi connectivity index (χ4n) is 2.03. The minimum absolute atomic E-state index is 0.0520. The Morgan fingerprint density at radius 1 is 1.50 bits per heavy atom. The number of fused-ring (bicyclic) bond motifs is 1. The first kappa shape index (κ1) is 12.6. The summed E-state index contributed by atoms with van der Waals surface area (Å²) in [4.78, 5) is 12.1. The highest BCUT2D eigenvalue weighted by atomic mass is 16.1. The smallest absolute Gasteiger partial charge is 0.255 e. The van der Waals surface area contributed by atoms with Gasteiger partial charge in [0.25, 0.3) is 5.91 Å². The van der Waals surface area contributed by atoms with Crippen molar-refractivity contribution in [2.24, 2.45) is 5.73 Å². The van der Waals surface area contributed by atoms with E-state index in [-0.39, 0.29) is 18.0 Å². The summed E-state index contributed by atoms with van der Waals surface area (Å²) in [6.45, 7) is 3.88. The van der Waals surface area contributed by atoms with Crippen molar-refractivity contribution in [3.8, 4) is 0 Å². The number of nitrogens with zero attached hydrogens (tertiary/aromatic N) is 2. The van der Waals surface area contributed by atoms with Gasteiger partial charge in [-0.1, -0.05) is 6.07 Å². The first-order valence-corrected chi connectivity index (χ1v) is 6.06. The van der Waals surface area contributed by atoms with Crippen molar-refractivity contribution in [2.45, 2.75) is 32.4 Å². The molecule has 0 aliphatic rings. The monoisotopic (exact) mass is 246 g/mol. The van der Waals surface area contributed by atoms with E-state index in [1.807, 2.05) is 38.2 Å². The van der Waals surface area contributed by atoms with Crippen LogP contribution >= 0.6 is 0 Å². The van der Waals surface area contributed by atoms with Crippen LogP contribution in [0.3, 0.4) is 0 Å². The van der Waals surface area contributed by atoms with Crippen LogP contribution in [0.5, 0.6) is 0 Å². The highest BCUT2D eigenvalue weighted by molar-refractivity contribution is 6.00. The van der Waals surface area contributed by atoms with Crippen molar-refractivity contribution < 1.29 is 4.79 Å². The van der Waals surface area contributed by atoms with E-state index >= 15 is 0 Å². The van der Waals surface area contributed by atoms with Crippen LogP contribution in [-0.4, -0.2) is 27.6 Å². The van der Waals surface area contributed by atoms with E-state index in [1.165, 1.54) is 0 Å². The molecule has 2 rings (SSSR count). The molecule has 18 heavy (non-hydrogen) atoms. The third-order valence-corrected chi connectivity index (χ3v) is 2.77. The molecule has 1 amide bonds. The van der Waals surface area contributed by atoms with Gasteiger partial charge >= 0.3 is 0 Å². The Morgan fingerprint density at radius 2 is 2.28 bits per heavy atom. The van der Waals surface area contributed by atoms with Gasteiger partial charge in [-0.25, -0.2) is 4.52 Å². The van der Waals surface area contributed by atoms with E-state index in [0.717, 1.165) is 11.9 Å². The summed E-state index contributed by atoms with van der Waals surface area (Å²) >= 11 is 0. The van der Waals surface area contributed by atoms with Crippen molar-refractivity contribution in [1.29, 1.82) is 0 Å². The molecule has 5 heteroatoms. The summed E-state index contributed by atoms with van der Waals surface area (Å²) in [6.07, 6.45) is 4.16. The van der Waals surface area contributed by atoms with Gasteiger partial charge in [0.15, 0.2) is 0 Å². The van der Waals surface area contributed by atoms with E-state index in [4.69, 9.17) is 5.73 Å². The predicted molar refractivity (Wildman–Crippen MR) is 70.4 cm³/mol. The molecular weight excluding hydrogens is 228 g/mol. The van der Waals surface area contributed by atoms with Gasteiger partial charge in [-0.05, 0) is 32.4 Å². The third-order valence-electron chi connectivity index (χ3n) is 2.77. The quantitative estimate of drug-likeness (QED) is 0.851. The van der Waals surface area contributed by atoms with Crippen LogP contribution in [0.4, 0.5) is 0 Å². The zero-order valence-electron chi connectivity index (χ0n) is 10.6. The zero-order chi connectivity index (χ0) is 13.1. The number of rotatable bonds is 4. The zero-order valence-corrected chi connectivity index (χ0v) is 10.6. The molecule has 0 aromatic carbocycles. The number of aromatic nitrogens is 2. The summed E-state index contributed by atoms with van der Waals surface area (Å²) in [5, 5.41) is 7.07. The molecule has 0 spiro atoms. The van der Waals surface area contributed by atoms with E-state index in [9.17, 15) is 4.79 Å². The summed E-state index contributed by atoms with van der Waals surface area (Å²) in [6, 6.07) is 5.76. The molecule has 96 valence electrons. The van der Waals surface area contributed by atoms with Gasteiger partial charge in [-0.2, -0.15) is 5.10 Å². The van der Waals surface area contributed by atoms with Gasteiger partial charge in [0.1, 0.15) is 0 Å². The third kappa shape index (κ3) is 2.68. The second-order valence-electron chi connectivity index (χ2n) is 4.68. The highest BCUT2D eigenvalue weighted by Crippen LogP contribution is 2.10. The van der Waals surface area contributed by atoms with Gasteiger partial charge in [-0.15, -0.1) is 0 Å². The second kappa shape index (κ2) is 5.18. The Kier molecular flexibility index (Phi) is 3.62. The molecule has 0 aliphatic carbocycles. The molecule has 5 nitrogen and oxygen atoms in total. The Labute approximate surface area is 106 Å². The van der Waals surface area contributed by atoms with E-state index in [2.05, 4.69) is 10.4 Å². The van der Waals surface area contributed by atoms with Crippen molar-refractivity contribution >= 4 is 11.4 Å². The van der Waals surface area contributed by atoms with Crippen molar-refractivity contribution in [2.75, 3.05) is 0 Å². The van der Waals surface area contributed by atoms with Crippen molar-refractivity contribution in [3.63, 3.8) is 0 Å². The number of carbonyl (C=O) groups excluding carboxylic acids is 1. The molecular formula is C13H18N4O. The lowest BCUT2D eigenvalue weighted by atomic mass is 10.1. The molecule has 2 heterocycles. The van der Waals surface area contributed by atoms with Crippen LogP contribution in [-0.2, 0) is 0 Å². The highest BCUT2D eigenvalue weighted by Gasteiger charge is 2.15. The summed E-state index contributed by atoms with van der Waals surface area (Å²) in [5.41, 5.74) is 7.11. The van der Waals surface area contributed by atoms with Crippen molar-refractivity contribution in [3.05, 3.63) is 36.2 Å². The van der Waals surface area contributed by atoms with Crippen LogP contribution in [0.15, 0.2) is 30.6 Å². The molecule has 2 unspecified atom stereocenters. The van der Waals surface area contributed by atoms with Crippen LogP contribution in [0, 0.1) is 0 Å². The van der Waals surface area contributed by atoms with Crippen LogP contribution < -0.4 is 11.1 Å². The average molecular weight is 246 g/mol. The summed E-state index contributed by atoms with van der Waals surface area (Å²) < 4.78 is 1.69. The second-order valence-corrected chi connectivity index (χ2v) is 4.68. The Bertz CT molecular complexity index is 547. The van der Waals surface area contributed by atoms with E-state index < -0.39 is 0 Å². The molecule has 0 aliphatic heterocycles. The first-order chi connectivity index (χ1) is 8.58. The van der Waals surface area contributed by atoms with Crippen LogP contribution in [0.1, 0.15) is 30.6 Å². The standard InChI is InChI=1S/C13H18N4O/c1-9(14)7-10(2)16-13(18)11-8-15-17-6-4-3-5-12(11)17/h3-6,8-10H,7,14H2,1-2H3,(H,16,18). The molecule has 2 aromatic rings. The van der Waals surface area contributed by atoms with E-state index in [0.29, 0.717) is 5.56 Å². The molecule has 2 atom stereocenters. The van der Waals surface area contributed by atoms with Gasteiger partial charge in [0, 0.05) is 18.3 Å². The average Bonchev–Trinajstić information content (AvgIpc) is 2.71. The van der Waals surface area contributed by atoms with Crippen molar-refractivity contribution in [1.82, 2.24) is 14.9 Å². The lowest BCUT2D eigenvalue weighted by Gasteiger charge is -2.15. The maximum Gasteiger partial charge on any atom is 0.255 e. The number of pyridine rings is 1. The maximum absolute atomic E-state index is 12.1. The molecule has 0 saturated heterocycles. The number of hydrogen-bond acceptors (Lipinski definition) is 3. The molecule has 0 bridgehead atoms. The lowest BCUT2D eigenvalue weighted by Crippen LogP contribution is -2.36. The van der Waals surface area contributed by atoms with Gasteiger partial charge in [-0.3, -0.25) is 4.79 Å². The van der Waals surface area contributed by atoms with Crippen LogP contribution in [0.2, 0.25) is 0 Å².